The molecule has 0 unspecified atom stereocenters. The maximum absolute atomic E-state index is 12.4. The van der Waals surface area contributed by atoms with E-state index in [0.717, 1.165) is 11.3 Å². The van der Waals surface area contributed by atoms with Crippen molar-refractivity contribution in [3.05, 3.63) is 72.0 Å². The number of halogens is 3. The summed E-state index contributed by atoms with van der Waals surface area (Å²) in [6.45, 7) is 0.208. The summed E-state index contributed by atoms with van der Waals surface area (Å²) in [4.78, 5) is 23.1. The molecule has 0 aliphatic carbocycles. The van der Waals surface area contributed by atoms with Gasteiger partial charge in [0.15, 0.2) is 0 Å². The molecule has 25 heavy (non-hydrogen) atoms. The number of fused-ring (bicyclic) bond motifs is 1. The Morgan fingerprint density at radius 1 is 1.16 bits per heavy atom. The zero-order valence-corrected chi connectivity index (χ0v) is 15.5. The lowest BCUT2D eigenvalue weighted by molar-refractivity contribution is -0.384. The van der Waals surface area contributed by atoms with Gasteiger partial charge in [0.25, 0.3) is 11.6 Å². The lowest BCUT2D eigenvalue weighted by Crippen LogP contribution is -2.22. The first kappa shape index (κ1) is 17.9. The van der Waals surface area contributed by atoms with E-state index >= 15 is 0 Å². The molecule has 0 aliphatic heterocycles. The largest absolute Gasteiger partial charge is 0.347 e. The molecule has 0 fully saturated rings. The van der Waals surface area contributed by atoms with Gasteiger partial charge < -0.3 is 5.32 Å². The van der Waals surface area contributed by atoms with Crippen LogP contribution < -0.4 is 5.32 Å². The van der Waals surface area contributed by atoms with Crippen LogP contribution in [-0.2, 0) is 6.54 Å². The second kappa shape index (κ2) is 7.17. The summed E-state index contributed by atoms with van der Waals surface area (Å²) in [5.41, 5.74) is 0.664. The van der Waals surface area contributed by atoms with Gasteiger partial charge in [-0.2, -0.15) is 0 Å². The van der Waals surface area contributed by atoms with E-state index in [1.54, 1.807) is 24.3 Å². The Kier molecular flexibility index (Phi) is 5.15. The maximum Gasteiger partial charge on any atom is 0.270 e. The summed E-state index contributed by atoms with van der Waals surface area (Å²) in [5.74, 6) is -0.375. The lowest BCUT2D eigenvalue weighted by Gasteiger charge is -2.06. The third kappa shape index (κ3) is 3.72. The topological polar surface area (TPSA) is 72.2 Å². The number of nitro benzene ring substituents is 1. The van der Waals surface area contributed by atoms with Crippen LogP contribution in [0, 0.1) is 10.1 Å². The summed E-state index contributed by atoms with van der Waals surface area (Å²) < 4.78 is 0.578. The van der Waals surface area contributed by atoms with Crippen molar-refractivity contribution in [1.82, 2.24) is 5.32 Å². The molecule has 3 rings (SSSR count). The smallest absolute Gasteiger partial charge is 0.270 e. The minimum atomic E-state index is -0.491. The van der Waals surface area contributed by atoms with Gasteiger partial charge >= 0.3 is 0 Å². The molecule has 0 aliphatic rings. The Morgan fingerprint density at radius 3 is 2.60 bits per heavy atom. The van der Waals surface area contributed by atoms with Gasteiger partial charge in [-0.3, -0.25) is 14.9 Å². The number of carbonyl (C=O) groups is 1. The molecule has 128 valence electrons. The first-order valence-corrected chi connectivity index (χ1v) is 8.90. The van der Waals surface area contributed by atoms with Crippen molar-refractivity contribution in [1.29, 1.82) is 0 Å². The van der Waals surface area contributed by atoms with E-state index in [9.17, 15) is 14.9 Å². The minimum Gasteiger partial charge on any atom is -0.347 e. The molecule has 0 spiro atoms. The molecule has 9 heteroatoms. The molecule has 0 bridgehead atoms. The summed E-state index contributed by atoms with van der Waals surface area (Å²) in [6, 6.07) is 9.30. The predicted molar refractivity (Wildman–Crippen MR) is 101 cm³/mol. The van der Waals surface area contributed by atoms with E-state index < -0.39 is 4.92 Å². The van der Waals surface area contributed by atoms with Gasteiger partial charge in [0.05, 0.1) is 9.95 Å². The Morgan fingerprint density at radius 2 is 1.92 bits per heavy atom. The zero-order valence-electron chi connectivity index (χ0n) is 12.4. The number of hydrogen-bond donors (Lipinski definition) is 1. The highest BCUT2D eigenvalue weighted by atomic mass is 35.5. The number of benzene rings is 2. The summed E-state index contributed by atoms with van der Waals surface area (Å²) in [6.07, 6.45) is 0. The standard InChI is InChI=1S/C16H9Cl3N2O3S/c17-9-2-1-8(12(18)5-9)7-20-16(22)15-14(19)11-4-3-10(21(23)24)6-13(11)25-15/h1-6H,7H2,(H,20,22). The van der Waals surface area contributed by atoms with Crippen molar-refractivity contribution in [3.8, 4) is 0 Å². The zero-order chi connectivity index (χ0) is 18.1. The van der Waals surface area contributed by atoms with Crippen LogP contribution in [0.4, 0.5) is 5.69 Å². The highest BCUT2D eigenvalue weighted by molar-refractivity contribution is 7.21. The number of nitro groups is 1. The fraction of sp³-hybridized carbons (Fsp3) is 0.0625. The number of carbonyl (C=O) groups excluding carboxylic acids is 1. The van der Waals surface area contributed by atoms with E-state index in [4.69, 9.17) is 34.8 Å². The molecule has 3 aromatic rings. The molecule has 5 nitrogen and oxygen atoms in total. The van der Waals surface area contributed by atoms with Gasteiger partial charge in [-0.15, -0.1) is 11.3 Å². The Labute approximate surface area is 161 Å². The van der Waals surface area contributed by atoms with Gasteiger partial charge in [-0.25, -0.2) is 0 Å². The SMILES string of the molecule is O=C(NCc1ccc(Cl)cc1Cl)c1sc2cc([N+](=O)[O-])ccc2c1Cl. The highest BCUT2D eigenvalue weighted by Gasteiger charge is 2.19. The number of rotatable bonds is 4. The fourth-order valence-electron chi connectivity index (χ4n) is 2.23. The van der Waals surface area contributed by atoms with Crippen LogP contribution in [0.25, 0.3) is 10.1 Å². The molecule has 0 radical (unpaired) electrons. The van der Waals surface area contributed by atoms with Crippen molar-refractivity contribution in [2.24, 2.45) is 0 Å². The summed E-state index contributed by atoms with van der Waals surface area (Å²) >= 11 is 19.3. The highest BCUT2D eigenvalue weighted by Crippen LogP contribution is 2.37. The molecule has 1 heterocycles. The molecule has 1 N–H and O–H groups in total. The summed E-state index contributed by atoms with van der Waals surface area (Å²) in [5, 5.41) is 15.4. The number of nitrogens with one attached hydrogen (secondary N) is 1. The molecule has 0 atom stereocenters. The van der Waals surface area contributed by atoms with Crippen LogP contribution in [0.2, 0.25) is 15.1 Å². The number of nitrogens with zero attached hydrogens (tertiary/aromatic N) is 1. The Hall–Kier alpha value is -1.86. The average Bonchev–Trinajstić information content (AvgIpc) is 2.90. The van der Waals surface area contributed by atoms with Crippen LogP contribution in [0.5, 0.6) is 0 Å². The number of amides is 1. The van der Waals surface area contributed by atoms with Crippen LogP contribution in [0.15, 0.2) is 36.4 Å². The van der Waals surface area contributed by atoms with Crippen LogP contribution in [0.3, 0.4) is 0 Å². The molecule has 1 aromatic heterocycles. The molecular weight excluding hydrogens is 407 g/mol. The molecule has 1 amide bonds. The first-order chi connectivity index (χ1) is 11.9. The minimum absolute atomic E-state index is 0.0506. The van der Waals surface area contributed by atoms with Crippen LogP contribution >= 0.6 is 46.1 Å². The molecule has 0 saturated heterocycles. The van der Waals surface area contributed by atoms with Crippen molar-refractivity contribution in [3.63, 3.8) is 0 Å². The number of non-ortho nitro benzene ring substituents is 1. The first-order valence-electron chi connectivity index (χ1n) is 6.95. The van der Waals surface area contributed by atoms with Crippen LogP contribution in [0.1, 0.15) is 15.2 Å². The Balaban J connectivity index is 1.84. The third-order valence-electron chi connectivity index (χ3n) is 3.48. The van der Waals surface area contributed by atoms with Gasteiger partial charge in [-0.05, 0) is 23.8 Å². The van der Waals surface area contributed by atoms with Gasteiger partial charge in [0, 0.05) is 38.8 Å². The second-order valence-corrected chi connectivity index (χ2v) is 7.37. The van der Waals surface area contributed by atoms with Crippen LogP contribution in [-0.4, -0.2) is 10.8 Å². The van der Waals surface area contributed by atoms with Gasteiger partial charge in [0.1, 0.15) is 4.88 Å². The van der Waals surface area contributed by atoms with E-state index in [-0.39, 0.29) is 23.2 Å². The van der Waals surface area contributed by atoms with Crippen molar-refractivity contribution in [2.45, 2.75) is 6.54 Å². The Bertz CT molecular complexity index is 1000. The monoisotopic (exact) mass is 414 g/mol. The second-order valence-electron chi connectivity index (χ2n) is 5.10. The van der Waals surface area contributed by atoms with E-state index in [0.29, 0.717) is 30.6 Å². The number of hydrogen-bond acceptors (Lipinski definition) is 4. The van der Waals surface area contributed by atoms with Crippen molar-refractivity contribution >= 4 is 67.8 Å². The number of thiophene rings is 1. The van der Waals surface area contributed by atoms with Crippen molar-refractivity contribution in [2.75, 3.05) is 0 Å². The molecule has 0 saturated carbocycles. The van der Waals surface area contributed by atoms with E-state index in [2.05, 4.69) is 5.32 Å². The predicted octanol–water partition coefficient (Wildman–Crippen LogP) is 5.70. The quantitative estimate of drug-likeness (QED) is 0.439. The average molecular weight is 416 g/mol. The van der Waals surface area contributed by atoms with Gasteiger partial charge in [0.2, 0.25) is 0 Å². The van der Waals surface area contributed by atoms with Gasteiger partial charge in [-0.1, -0.05) is 40.9 Å². The third-order valence-corrected chi connectivity index (χ3v) is 5.73. The van der Waals surface area contributed by atoms with E-state index in [1.807, 2.05) is 0 Å². The fourth-order valence-corrected chi connectivity index (χ4v) is 4.18. The molecule has 2 aromatic carbocycles. The maximum atomic E-state index is 12.4. The lowest BCUT2D eigenvalue weighted by atomic mass is 10.2. The summed E-state index contributed by atoms with van der Waals surface area (Å²) in [7, 11) is 0. The van der Waals surface area contributed by atoms with Crippen molar-refractivity contribution < 1.29 is 9.72 Å². The normalized spacial score (nSPS) is 10.8. The molecular formula is C16H9Cl3N2O3S. The van der Waals surface area contributed by atoms with E-state index in [1.165, 1.54) is 12.1 Å².